The van der Waals surface area contributed by atoms with E-state index in [9.17, 15) is 13.2 Å². The third-order valence-electron chi connectivity index (χ3n) is 5.47. The molecule has 5 nitrogen and oxygen atoms in total. The zero-order valence-electron chi connectivity index (χ0n) is 14.9. The molecule has 1 N–H and O–H groups in total. The number of sulfone groups is 1. The second-order valence-electron chi connectivity index (χ2n) is 7.29. The van der Waals surface area contributed by atoms with E-state index in [1.165, 1.54) is 31.9 Å². The van der Waals surface area contributed by atoms with Gasteiger partial charge in [-0.15, -0.1) is 0 Å². The molecule has 1 atom stereocenters. The molecule has 138 valence electrons. The first kappa shape index (κ1) is 18.4. The lowest BCUT2D eigenvalue weighted by Gasteiger charge is -2.39. The Morgan fingerprint density at radius 2 is 1.80 bits per heavy atom. The molecule has 1 heterocycles. The van der Waals surface area contributed by atoms with E-state index in [1.54, 1.807) is 18.2 Å². The van der Waals surface area contributed by atoms with Crippen LogP contribution in [0, 0.1) is 0 Å². The monoisotopic (exact) mass is 364 g/mol. The zero-order chi connectivity index (χ0) is 17.9. The number of carbonyl (C=O) groups excluding carboxylic acids is 1. The highest BCUT2D eigenvalue weighted by molar-refractivity contribution is 7.90. The fraction of sp³-hybridized carbons (Fsp3) is 0.632. The van der Waals surface area contributed by atoms with Gasteiger partial charge in [0, 0.05) is 18.8 Å². The molecule has 1 aliphatic heterocycles. The molecule has 6 heteroatoms. The van der Waals surface area contributed by atoms with Gasteiger partial charge in [-0.25, -0.2) is 8.42 Å². The van der Waals surface area contributed by atoms with Crippen molar-refractivity contribution < 1.29 is 13.2 Å². The van der Waals surface area contributed by atoms with Crippen LogP contribution in [-0.4, -0.2) is 44.1 Å². The molecule has 0 aromatic heterocycles. The van der Waals surface area contributed by atoms with Crippen LogP contribution in [0.3, 0.4) is 0 Å². The molecule has 2 aliphatic rings. The molecule has 3 rings (SSSR count). The Kier molecular flexibility index (Phi) is 5.79. The summed E-state index contributed by atoms with van der Waals surface area (Å²) in [4.78, 5) is 15.5. The maximum atomic E-state index is 12.8. The number of hydrogen-bond acceptors (Lipinski definition) is 4. The van der Waals surface area contributed by atoms with Crippen molar-refractivity contribution in [3.8, 4) is 0 Å². The normalized spacial score (nSPS) is 22.8. The van der Waals surface area contributed by atoms with E-state index in [2.05, 4.69) is 10.2 Å². The summed E-state index contributed by atoms with van der Waals surface area (Å²) in [7, 11) is -3.29. The van der Waals surface area contributed by atoms with Crippen molar-refractivity contribution in [2.75, 3.05) is 12.8 Å². The van der Waals surface area contributed by atoms with E-state index in [1.807, 2.05) is 6.07 Å². The third-order valence-corrected chi connectivity index (χ3v) is 6.66. The summed E-state index contributed by atoms with van der Waals surface area (Å²) in [5.74, 6) is 0.0369. The molecule has 1 saturated heterocycles. The number of carbonyl (C=O) groups is 1. The van der Waals surface area contributed by atoms with E-state index in [4.69, 9.17) is 0 Å². The van der Waals surface area contributed by atoms with Crippen molar-refractivity contribution >= 4 is 15.7 Å². The average Bonchev–Trinajstić information content (AvgIpc) is 3.13. The van der Waals surface area contributed by atoms with Crippen molar-refractivity contribution in [2.45, 2.75) is 68.5 Å². The Bertz CT molecular complexity index is 711. The summed E-state index contributed by atoms with van der Waals surface area (Å²) in [6.45, 7) is 1.26. The highest BCUT2D eigenvalue weighted by Gasteiger charge is 2.34. The predicted molar refractivity (Wildman–Crippen MR) is 98.0 cm³/mol. The molecule has 1 amide bonds. The van der Waals surface area contributed by atoms with Crippen LogP contribution < -0.4 is 5.32 Å². The Morgan fingerprint density at radius 1 is 1.12 bits per heavy atom. The van der Waals surface area contributed by atoms with E-state index in [0.29, 0.717) is 16.5 Å². The first-order chi connectivity index (χ1) is 12.0. The van der Waals surface area contributed by atoms with Crippen molar-refractivity contribution in [2.24, 2.45) is 0 Å². The quantitative estimate of drug-likeness (QED) is 0.872. The van der Waals surface area contributed by atoms with Crippen LogP contribution in [0.4, 0.5) is 0 Å². The van der Waals surface area contributed by atoms with Crippen LogP contribution in [0.15, 0.2) is 29.2 Å². The molecular weight excluding hydrogens is 336 g/mol. The van der Waals surface area contributed by atoms with Crippen molar-refractivity contribution in [3.63, 3.8) is 0 Å². The Labute approximate surface area is 150 Å². The first-order valence-electron chi connectivity index (χ1n) is 9.28. The number of nitrogens with zero attached hydrogens (tertiary/aromatic N) is 1. The van der Waals surface area contributed by atoms with Gasteiger partial charge in [0.25, 0.3) is 0 Å². The lowest BCUT2D eigenvalue weighted by Crippen LogP contribution is -2.52. The van der Waals surface area contributed by atoms with Gasteiger partial charge in [-0.2, -0.15) is 0 Å². The number of rotatable bonds is 5. The second kappa shape index (κ2) is 7.87. The van der Waals surface area contributed by atoms with Gasteiger partial charge in [-0.1, -0.05) is 37.5 Å². The van der Waals surface area contributed by atoms with Crippen LogP contribution >= 0.6 is 0 Å². The number of hydrogen-bond donors (Lipinski definition) is 1. The van der Waals surface area contributed by atoms with E-state index >= 15 is 0 Å². The van der Waals surface area contributed by atoms with Crippen molar-refractivity contribution in [1.82, 2.24) is 10.2 Å². The predicted octanol–water partition coefficient (Wildman–Crippen LogP) is 2.50. The van der Waals surface area contributed by atoms with Crippen molar-refractivity contribution in [3.05, 3.63) is 29.8 Å². The molecule has 0 bridgehead atoms. The molecule has 1 aromatic rings. The van der Waals surface area contributed by atoms with Gasteiger partial charge in [0.15, 0.2) is 9.84 Å². The highest BCUT2D eigenvalue weighted by Crippen LogP contribution is 2.29. The van der Waals surface area contributed by atoms with Crippen molar-refractivity contribution in [1.29, 1.82) is 0 Å². The van der Waals surface area contributed by atoms with Gasteiger partial charge in [0.05, 0.1) is 10.9 Å². The number of benzene rings is 1. The fourth-order valence-electron chi connectivity index (χ4n) is 4.22. The van der Waals surface area contributed by atoms with Gasteiger partial charge in [-0.3, -0.25) is 9.69 Å². The summed E-state index contributed by atoms with van der Waals surface area (Å²) in [6, 6.07) is 7.36. The lowest BCUT2D eigenvalue weighted by molar-refractivity contribution is -0.129. The Balaban J connectivity index is 1.67. The molecule has 25 heavy (non-hydrogen) atoms. The Hall–Kier alpha value is -1.40. The Morgan fingerprint density at radius 3 is 2.52 bits per heavy atom. The zero-order valence-corrected chi connectivity index (χ0v) is 15.7. The lowest BCUT2D eigenvalue weighted by atomic mass is 9.98. The summed E-state index contributed by atoms with van der Waals surface area (Å²) in [5, 5.41) is 2.99. The highest BCUT2D eigenvalue weighted by atomic mass is 32.2. The minimum Gasteiger partial charge on any atom is -0.351 e. The maximum absolute atomic E-state index is 12.8. The third kappa shape index (κ3) is 4.42. The van der Waals surface area contributed by atoms with Crippen LogP contribution in [-0.2, 0) is 21.2 Å². The number of amides is 1. The van der Waals surface area contributed by atoms with E-state index < -0.39 is 9.84 Å². The first-order valence-corrected chi connectivity index (χ1v) is 11.2. The summed E-state index contributed by atoms with van der Waals surface area (Å²) >= 11 is 0. The van der Waals surface area contributed by atoms with Gasteiger partial charge >= 0.3 is 0 Å². The molecule has 1 aliphatic carbocycles. The van der Waals surface area contributed by atoms with Crippen LogP contribution in [0.1, 0.15) is 50.5 Å². The van der Waals surface area contributed by atoms with Gasteiger partial charge in [0.1, 0.15) is 0 Å². The molecular formula is C19H28N2O3S. The topological polar surface area (TPSA) is 66.5 Å². The molecule has 1 aromatic carbocycles. The molecule has 1 saturated carbocycles. The van der Waals surface area contributed by atoms with Gasteiger partial charge < -0.3 is 5.32 Å². The standard InChI is InChI=1S/C19H28N2O3S/c1-25(23,24)18-12-5-2-8-15(18)14-20-19(22)17-11-6-7-13-21(17)16-9-3-4-10-16/h2,5,8,12,16-17H,3-4,6-7,9-11,13-14H2,1H3,(H,20,22). The van der Waals surface area contributed by atoms with Gasteiger partial charge in [-0.05, 0) is 43.9 Å². The number of piperidine rings is 1. The average molecular weight is 365 g/mol. The van der Waals surface area contributed by atoms with Crippen LogP contribution in [0.5, 0.6) is 0 Å². The molecule has 1 unspecified atom stereocenters. The molecule has 0 spiro atoms. The maximum Gasteiger partial charge on any atom is 0.237 e. The number of nitrogens with one attached hydrogen (secondary N) is 1. The fourth-order valence-corrected chi connectivity index (χ4v) is 5.16. The van der Waals surface area contributed by atoms with Crippen LogP contribution in [0.2, 0.25) is 0 Å². The molecule has 2 fully saturated rings. The smallest absolute Gasteiger partial charge is 0.237 e. The van der Waals surface area contributed by atoms with Gasteiger partial charge in [0.2, 0.25) is 5.91 Å². The SMILES string of the molecule is CS(=O)(=O)c1ccccc1CNC(=O)C1CCCCN1C1CCCC1. The summed E-state index contributed by atoms with van der Waals surface area (Å²) in [6.07, 6.45) is 9.26. The van der Waals surface area contributed by atoms with E-state index in [-0.39, 0.29) is 18.5 Å². The molecule has 0 radical (unpaired) electrons. The minimum absolute atomic E-state index is 0.0369. The number of likely N-dealkylation sites (tertiary alicyclic amines) is 1. The largest absolute Gasteiger partial charge is 0.351 e. The second-order valence-corrected chi connectivity index (χ2v) is 9.27. The minimum atomic E-state index is -3.29. The van der Waals surface area contributed by atoms with E-state index in [0.717, 1.165) is 25.8 Å². The van der Waals surface area contributed by atoms with Crippen LogP contribution in [0.25, 0.3) is 0 Å². The summed E-state index contributed by atoms with van der Waals surface area (Å²) in [5.41, 5.74) is 0.654. The summed E-state index contributed by atoms with van der Waals surface area (Å²) < 4.78 is 23.8.